The van der Waals surface area contributed by atoms with Gasteiger partial charge in [0.1, 0.15) is 11.4 Å². The van der Waals surface area contributed by atoms with Crippen molar-refractivity contribution in [2.24, 2.45) is 0 Å². The Morgan fingerprint density at radius 2 is 2.04 bits per heavy atom. The van der Waals surface area contributed by atoms with Crippen LogP contribution in [0.15, 0.2) is 47.1 Å². The highest BCUT2D eigenvalue weighted by Crippen LogP contribution is 2.46. The fraction of sp³-hybridized carbons (Fsp3) is 0.235. The van der Waals surface area contributed by atoms with Gasteiger partial charge in [-0.15, -0.1) is 0 Å². The maximum Gasteiger partial charge on any atom is 0.387 e. The first kappa shape index (κ1) is 15.5. The summed E-state index contributed by atoms with van der Waals surface area (Å²) in [5.74, 6) is -0.142. The van der Waals surface area contributed by atoms with Crippen molar-refractivity contribution in [2.75, 3.05) is 0 Å². The molecule has 3 aromatic rings. The number of para-hydroxylation sites is 1. The highest BCUT2D eigenvalue weighted by Gasteiger charge is 2.37. The van der Waals surface area contributed by atoms with E-state index in [1.165, 1.54) is 6.07 Å². The largest absolute Gasteiger partial charge is 0.435 e. The zero-order valence-corrected chi connectivity index (χ0v) is 14.0. The number of ether oxygens (including phenoxy) is 1. The molecule has 0 amide bonds. The van der Waals surface area contributed by atoms with Gasteiger partial charge in [-0.1, -0.05) is 18.2 Å². The second-order valence-corrected chi connectivity index (χ2v) is 6.59. The number of halogens is 3. The van der Waals surface area contributed by atoms with Crippen LogP contribution < -0.4 is 4.74 Å². The molecule has 24 heavy (non-hydrogen) atoms. The third kappa shape index (κ3) is 2.48. The number of aliphatic hydroxyl groups excluding tert-OH is 1. The van der Waals surface area contributed by atoms with Crippen LogP contribution in [0.3, 0.4) is 0 Å². The van der Waals surface area contributed by atoms with Gasteiger partial charge in [-0.05, 0) is 40.5 Å². The van der Waals surface area contributed by atoms with Crippen molar-refractivity contribution in [2.45, 2.75) is 25.1 Å². The average molecular weight is 395 g/mol. The summed E-state index contributed by atoms with van der Waals surface area (Å²) in [5.41, 5.74) is 2.73. The van der Waals surface area contributed by atoms with Gasteiger partial charge in [0.2, 0.25) is 0 Å². The quantitative estimate of drug-likeness (QED) is 0.721. The van der Waals surface area contributed by atoms with Gasteiger partial charge < -0.3 is 14.2 Å². The number of fused-ring (bicyclic) bond motifs is 3. The van der Waals surface area contributed by atoms with Crippen LogP contribution in [0.4, 0.5) is 8.78 Å². The Balaban J connectivity index is 1.89. The van der Waals surface area contributed by atoms with Crippen LogP contribution in [-0.4, -0.2) is 21.1 Å². The molecule has 0 aliphatic heterocycles. The molecular formula is C17H13BrF2N2O2. The first-order chi connectivity index (χ1) is 11.5. The molecule has 2 heterocycles. The Kier molecular flexibility index (Phi) is 3.77. The number of hydrogen-bond donors (Lipinski definition) is 1. The lowest BCUT2D eigenvalue weighted by atomic mass is 9.95. The summed E-state index contributed by atoms with van der Waals surface area (Å²) in [5, 5.41) is 10.4. The zero-order chi connectivity index (χ0) is 16.8. The molecule has 0 spiro atoms. The molecule has 0 saturated carbocycles. The Labute approximate surface area is 144 Å². The maximum atomic E-state index is 12.7. The summed E-state index contributed by atoms with van der Waals surface area (Å²) in [4.78, 5) is 4.48. The van der Waals surface area contributed by atoms with Crippen LogP contribution in [-0.2, 0) is 0 Å². The van der Waals surface area contributed by atoms with E-state index >= 15 is 0 Å². The normalized spacial score (nSPS) is 19.9. The monoisotopic (exact) mass is 394 g/mol. The topological polar surface area (TPSA) is 46.8 Å². The van der Waals surface area contributed by atoms with Gasteiger partial charge in [0.15, 0.2) is 0 Å². The van der Waals surface area contributed by atoms with Crippen molar-refractivity contribution >= 4 is 21.6 Å². The second-order valence-electron chi connectivity index (χ2n) is 5.68. The van der Waals surface area contributed by atoms with Crippen LogP contribution in [0.5, 0.6) is 5.75 Å². The molecule has 1 N–H and O–H groups in total. The van der Waals surface area contributed by atoms with Crippen LogP contribution in [0.1, 0.15) is 35.4 Å². The summed E-state index contributed by atoms with van der Waals surface area (Å²) >= 11 is 3.43. The summed E-state index contributed by atoms with van der Waals surface area (Å²) in [6.07, 6.45) is 1.52. The molecule has 0 radical (unpaired) electrons. The standard InChI is InChI=1S/C17H13BrF2N2O2/c18-9-5-6-14-21-15-12(23)7-11(16(15)22(14)8-9)10-3-1-2-4-13(10)24-17(19)20/h1-6,8,11-12,17,23H,7H2/t11-,12-/m1/s1. The Hall–Kier alpha value is -1.99. The summed E-state index contributed by atoms with van der Waals surface area (Å²) in [7, 11) is 0. The third-order valence-corrected chi connectivity index (χ3v) is 4.73. The predicted octanol–water partition coefficient (Wildman–Crippen LogP) is 4.27. The highest BCUT2D eigenvalue weighted by molar-refractivity contribution is 9.10. The van der Waals surface area contributed by atoms with E-state index in [4.69, 9.17) is 0 Å². The van der Waals surface area contributed by atoms with Gasteiger partial charge in [0, 0.05) is 22.2 Å². The highest BCUT2D eigenvalue weighted by atomic mass is 79.9. The van der Waals surface area contributed by atoms with E-state index in [0.29, 0.717) is 23.3 Å². The SMILES string of the molecule is O[C@@H]1C[C@H](c2ccccc2OC(F)F)c2c1nc1ccc(Br)cn21. The van der Waals surface area contributed by atoms with E-state index in [1.54, 1.807) is 18.2 Å². The van der Waals surface area contributed by atoms with E-state index in [9.17, 15) is 13.9 Å². The molecule has 4 rings (SSSR count). The minimum atomic E-state index is -2.90. The van der Waals surface area contributed by atoms with Crippen LogP contribution >= 0.6 is 15.9 Å². The van der Waals surface area contributed by atoms with Gasteiger partial charge in [-0.2, -0.15) is 8.78 Å². The first-order valence-corrected chi connectivity index (χ1v) is 8.23. The number of nitrogens with zero attached hydrogens (tertiary/aromatic N) is 2. The van der Waals surface area contributed by atoms with E-state index in [0.717, 1.165) is 10.2 Å². The molecule has 0 saturated heterocycles. The predicted molar refractivity (Wildman–Crippen MR) is 87.4 cm³/mol. The average Bonchev–Trinajstić information content (AvgIpc) is 3.05. The van der Waals surface area contributed by atoms with Crippen molar-refractivity contribution in [1.82, 2.24) is 9.38 Å². The van der Waals surface area contributed by atoms with Gasteiger partial charge >= 0.3 is 6.61 Å². The minimum absolute atomic E-state index is 0.127. The van der Waals surface area contributed by atoms with Crippen LogP contribution in [0.2, 0.25) is 0 Å². The summed E-state index contributed by atoms with van der Waals surface area (Å²) < 4.78 is 32.8. The van der Waals surface area contributed by atoms with Crippen LogP contribution in [0, 0.1) is 0 Å². The van der Waals surface area contributed by atoms with Crippen molar-refractivity contribution in [3.63, 3.8) is 0 Å². The van der Waals surface area contributed by atoms with Crippen molar-refractivity contribution in [3.8, 4) is 5.75 Å². The van der Waals surface area contributed by atoms with Gasteiger partial charge in [-0.3, -0.25) is 0 Å². The molecule has 2 aromatic heterocycles. The molecule has 4 nitrogen and oxygen atoms in total. The van der Waals surface area contributed by atoms with Crippen molar-refractivity contribution < 1.29 is 18.6 Å². The van der Waals surface area contributed by atoms with E-state index < -0.39 is 12.7 Å². The lowest BCUT2D eigenvalue weighted by molar-refractivity contribution is -0.0505. The molecule has 1 aliphatic carbocycles. The van der Waals surface area contributed by atoms with Gasteiger partial charge in [-0.25, -0.2) is 4.98 Å². The van der Waals surface area contributed by atoms with Gasteiger partial charge in [0.25, 0.3) is 0 Å². The summed E-state index contributed by atoms with van der Waals surface area (Å²) in [6, 6.07) is 10.4. The molecule has 1 aliphatic rings. The number of aromatic nitrogens is 2. The van der Waals surface area contributed by atoms with Gasteiger partial charge in [0.05, 0.1) is 17.5 Å². The van der Waals surface area contributed by atoms with E-state index in [1.807, 2.05) is 22.7 Å². The van der Waals surface area contributed by atoms with E-state index in [2.05, 4.69) is 25.7 Å². The van der Waals surface area contributed by atoms with Crippen molar-refractivity contribution in [3.05, 3.63) is 64.0 Å². The Morgan fingerprint density at radius 3 is 2.83 bits per heavy atom. The molecular weight excluding hydrogens is 382 g/mol. The molecule has 0 fully saturated rings. The second kappa shape index (κ2) is 5.82. The fourth-order valence-corrected chi connectivity index (χ4v) is 3.68. The molecule has 2 atom stereocenters. The number of alkyl halides is 2. The Bertz CT molecular complexity index is 913. The first-order valence-electron chi connectivity index (χ1n) is 7.44. The number of imidazole rings is 1. The number of pyridine rings is 1. The number of rotatable bonds is 3. The molecule has 0 unspecified atom stereocenters. The third-order valence-electron chi connectivity index (χ3n) is 4.26. The minimum Gasteiger partial charge on any atom is -0.435 e. The summed E-state index contributed by atoms with van der Waals surface area (Å²) in [6.45, 7) is -2.90. The fourth-order valence-electron chi connectivity index (χ4n) is 3.34. The maximum absolute atomic E-state index is 12.7. The smallest absolute Gasteiger partial charge is 0.387 e. The Morgan fingerprint density at radius 1 is 1.25 bits per heavy atom. The van der Waals surface area contributed by atoms with E-state index in [-0.39, 0.29) is 11.7 Å². The number of aliphatic hydroxyl groups is 1. The van der Waals surface area contributed by atoms with Crippen molar-refractivity contribution in [1.29, 1.82) is 0 Å². The molecule has 124 valence electrons. The molecule has 1 aromatic carbocycles. The molecule has 7 heteroatoms. The number of hydrogen-bond acceptors (Lipinski definition) is 3. The lowest BCUT2D eigenvalue weighted by Gasteiger charge is -2.17. The van der Waals surface area contributed by atoms with Crippen LogP contribution in [0.25, 0.3) is 5.65 Å². The number of benzene rings is 1. The molecule has 0 bridgehead atoms. The zero-order valence-electron chi connectivity index (χ0n) is 12.4. The lowest BCUT2D eigenvalue weighted by Crippen LogP contribution is -2.08.